The number of amides is 3. The SMILES string of the molecule is C/C=C/C.CCC(Br)(CC)C(=O)NC(N)=O. The van der Waals surface area contributed by atoms with Crippen LogP contribution < -0.4 is 11.1 Å². The highest BCUT2D eigenvalue weighted by Gasteiger charge is 2.32. The van der Waals surface area contributed by atoms with Crippen LogP contribution in [0, 0.1) is 0 Å². The van der Waals surface area contributed by atoms with Gasteiger partial charge >= 0.3 is 6.03 Å². The van der Waals surface area contributed by atoms with Crippen LogP contribution in [0.5, 0.6) is 0 Å². The van der Waals surface area contributed by atoms with Gasteiger partial charge in [0.15, 0.2) is 0 Å². The summed E-state index contributed by atoms with van der Waals surface area (Å²) in [5, 5.41) is 2.04. The molecule has 0 aromatic rings. The Hall–Kier alpha value is -0.840. The minimum absolute atomic E-state index is 0.375. The molecule has 0 rings (SSSR count). The fourth-order valence-electron chi connectivity index (χ4n) is 0.795. The van der Waals surface area contributed by atoms with Crippen LogP contribution in [0.4, 0.5) is 4.79 Å². The number of carbonyl (C=O) groups is 2. The first kappa shape index (κ1) is 17.6. The van der Waals surface area contributed by atoms with Crippen molar-refractivity contribution in [2.45, 2.75) is 44.9 Å². The normalized spacial score (nSPS) is 10.6. The Labute approximate surface area is 106 Å². The number of hydrogen-bond acceptors (Lipinski definition) is 2. The third kappa shape index (κ3) is 7.45. The molecule has 0 saturated heterocycles. The van der Waals surface area contributed by atoms with Crippen LogP contribution in [0.3, 0.4) is 0 Å². The van der Waals surface area contributed by atoms with Gasteiger partial charge in [0.05, 0.1) is 0 Å². The van der Waals surface area contributed by atoms with Crippen LogP contribution in [-0.4, -0.2) is 16.3 Å². The zero-order chi connectivity index (χ0) is 13.2. The quantitative estimate of drug-likeness (QED) is 0.620. The van der Waals surface area contributed by atoms with Crippen LogP contribution in [-0.2, 0) is 4.79 Å². The molecule has 0 aromatic heterocycles. The van der Waals surface area contributed by atoms with Gasteiger partial charge in [-0.05, 0) is 26.7 Å². The van der Waals surface area contributed by atoms with E-state index in [9.17, 15) is 9.59 Å². The molecule has 3 amide bonds. The lowest BCUT2D eigenvalue weighted by Gasteiger charge is -2.21. The summed E-state index contributed by atoms with van der Waals surface area (Å²) in [5.74, 6) is -0.375. The standard InChI is InChI=1S/C7H13BrN2O2.C4H8/c1-3-7(8,4-2)5(11)10-6(9)12;1-3-4-2/h3-4H2,1-2H3,(H3,9,10,11,12);3-4H,1-2H3/b;4-3+. The Balaban J connectivity index is 0. The van der Waals surface area contributed by atoms with Gasteiger partial charge in [0.1, 0.15) is 4.32 Å². The summed E-state index contributed by atoms with van der Waals surface area (Å²) < 4.78 is -0.665. The highest BCUT2D eigenvalue weighted by atomic mass is 79.9. The smallest absolute Gasteiger partial charge is 0.318 e. The number of primary amides is 1. The van der Waals surface area contributed by atoms with E-state index < -0.39 is 10.4 Å². The van der Waals surface area contributed by atoms with Gasteiger partial charge in [0, 0.05) is 0 Å². The molecule has 16 heavy (non-hydrogen) atoms. The van der Waals surface area contributed by atoms with Crippen LogP contribution in [0.25, 0.3) is 0 Å². The van der Waals surface area contributed by atoms with Crippen molar-refractivity contribution < 1.29 is 9.59 Å². The van der Waals surface area contributed by atoms with Crippen LogP contribution in [0.2, 0.25) is 0 Å². The average molecular weight is 293 g/mol. The van der Waals surface area contributed by atoms with E-state index >= 15 is 0 Å². The van der Waals surface area contributed by atoms with Crippen molar-refractivity contribution in [3.05, 3.63) is 12.2 Å². The number of urea groups is 1. The molecule has 0 aromatic carbocycles. The Morgan fingerprint density at radius 1 is 1.25 bits per heavy atom. The maximum absolute atomic E-state index is 11.3. The highest BCUT2D eigenvalue weighted by molar-refractivity contribution is 9.10. The second-order valence-corrected chi connectivity index (χ2v) is 4.68. The first-order chi connectivity index (χ1) is 7.37. The molecule has 0 spiro atoms. The summed E-state index contributed by atoms with van der Waals surface area (Å²) >= 11 is 3.26. The second-order valence-electron chi connectivity index (χ2n) is 3.16. The Morgan fingerprint density at radius 2 is 1.62 bits per heavy atom. The number of imide groups is 1. The molecule has 0 aliphatic heterocycles. The number of nitrogens with one attached hydrogen (secondary N) is 1. The lowest BCUT2D eigenvalue weighted by molar-refractivity contribution is -0.122. The minimum atomic E-state index is -0.814. The first-order valence-electron chi connectivity index (χ1n) is 5.25. The van der Waals surface area contributed by atoms with Gasteiger partial charge in [0.25, 0.3) is 0 Å². The summed E-state index contributed by atoms with van der Waals surface area (Å²) in [7, 11) is 0. The molecule has 3 N–H and O–H groups in total. The molecule has 0 aliphatic rings. The first-order valence-corrected chi connectivity index (χ1v) is 6.04. The summed E-state index contributed by atoms with van der Waals surface area (Å²) in [6.45, 7) is 7.72. The number of hydrogen-bond donors (Lipinski definition) is 2. The van der Waals surface area contributed by atoms with Crippen molar-refractivity contribution in [1.29, 1.82) is 0 Å². The lowest BCUT2D eigenvalue weighted by atomic mass is 10.0. The van der Waals surface area contributed by atoms with Crippen LogP contribution in [0.1, 0.15) is 40.5 Å². The molecule has 0 bridgehead atoms. The predicted octanol–water partition coefficient (Wildman–Crippen LogP) is 2.72. The summed E-state index contributed by atoms with van der Waals surface area (Å²) in [6.07, 6.45) is 5.23. The maximum Gasteiger partial charge on any atom is 0.318 e. The van der Waals surface area contributed by atoms with E-state index in [1.165, 1.54) is 0 Å². The number of allylic oxidation sites excluding steroid dienone is 2. The molecular weight excluding hydrogens is 272 g/mol. The molecule has 0 aliphatic carbocycles. The predicted molar refractivity (Wildman–Crippen MR) is 70.5 cm³/mol. The van der Waals surface area contributed by atoms with Gasteiger partial charge in [-0.3, -0.25) is 10.1 Å². The fraction of sp³-hybridized carbons (Fsp3) is 0.636. The van der Waals surface area contributed by atoms with Crippen molar-refractivity contribution in [3.63, 3.8) is 0 Å². The van der Waals surface area contributed by atoms with E-state index in [2.05, 4.69) is 15.9 Å². The Morgan fingerprint density at radius 3 is 1.81 bits per heavy atom. The van der Waals surface area contributed by atoms with Crippen LogP contribution in [0.15, 0.2) is 12.2 Å². The molecule has 0 fully saturated rings. The molecule has 0 saturated carbocycles. The second kappa shape index (κ2) is 9.39. The van der Waals surface area contributed by atoms with Crippen molar-refractivity contribution in [3.8, 4) is 0 Å². The fourth-order valence-corrected chi connectivity index (χ4v) is 0.894. The molecule has 0 atom stereocenters. The summed E-state index contributed by atoms with van der Waals surface area (Å²) in [5.41, 5.74) is 4.81. The number of halogens is 1. The summed E-state index contributed by atoms with van der Waals surface area (Å²) in [6, 6.07) is -0.814. The van der Waals surface area contributed by atoms with Crippen molar-refractivity contribution >= 4 is 27.9 Å². The largest absolute Gasteiger partial charge is 0.351 e. The van der Waals surface area contributed by atoms with Gasteiger partial charge in [-0.1, -0.05) is 41.9 Å². The topological polar surface area (TPSA) is 72.2 Å². The van der Waals surface area contributed by atoms with Gasteiger partial charge < -0.3 is 5.73 Å². The van der Waals surface area contributed by atoms with E-state index in [-0.39, 0.29) is 5.91 Å². The summed E-state index contributed by atoms with van der Waals surface area (Å²) in [4.78, 5) is 21.6. The molecular formula is C11H21BrN2O2. The van der Waals surface area contributed by atoms with E-state index in [0.717, 1.165) is 0 Å². The molecule has 0 radical (unpaired) electrons. The van der Waals surface area contributed by atoms with Crippen molar-refractivity contribution in [2.75, 3.05) is 0 Å². The monoisotopic (exact) mass is 292 g/mol. The molecule has 4 nitrogen and oxygen atoms in total. The molecule has 0 unspecified atom stereocenters. The van der Waals surface area contributed by atoms with E-state index in [1.54, 1.807) is 0 Å². The molecule has 5 heteroatoms. The van der Waals surface area contributed by atoms with Gasteiger partial charge in [-0.25, -0.2) is 4.79 Å². The van der Waals surface area contributed by atoms with E-state index in [0.29, 0.717) is 12.8 Å². The lowest BCUT2D eigenvalue weighted by Crippen LogP contribution is -2.46. The zero-order valence-corrected chi connectivity index (χ0v) is 11.9. The van der Waals surface area contributed by atoms with Crippen LogP contribution >= 0.6 is 15.9 Å². The number of rotatable bonds is 3. The highest BCUT2D eigenvalue weighted by Crippen LogP contribution is 2.26. The van der Waals surface area contributed by atoms with E-state index in [1.807, 2.05) is 45.2 Å². The van der Waals surface area contributed by atoms with Crippen molar-refractivity contribution in [1.82, 2.24) is 5.32 Å². The zero-order valence-electron chi connectivity index (χ0n) is 10.3. The maximum atomic E-state index is 11.3. The Bertz CT molecular complexity index is 244. The molecule has 94 valence electrons. The third-order valence-electron chi connectivity index (χ3n) is 2.10. The number of carbonyl (C=O) groups excluding carboxylic acids is 2. The third-order valence-corrected chi connectivity index (χ3v) is 3.58. The average Bonchev–Trinajstić information content (AvgIpc) is 2.27. The molecule has 0 heterocycles. The van der Waals surface area contributed by atoms with E-state index in [4.69, 9.17) is 5.73 Å². The van der Waals surface area contributed by atoms with Gasteiger partial charge in [-0.15, -0.1) is 0 Å². The van der Waals surface area contributed by atoms with Gasteiger partial charge in [0.2, 0.25) is 5.91 Å². The number of nitrogens with two attached hydrogens (primary N) is 1. The number of alkyl halides is 1. The van der Waals surface area contributed by atoms with Crippen molar-refractivity contribution in [2.24, 2.45) is 5.73 Å². The Kier molecular flexibility index (Phi) is 10.3. The minimum Gasteiger partial charge on any atom is -0.351 e. The van der Waals surface area contributed by atoms with Gasteiger partial charge in [-0.2, -0.15) is 0 Å².